The van der Waals surface area contributed by atoms with Crippen molar-refractivity contribution in [1.29, 1.82) is 0 Å². The minimum Gasteiger partial charge on any atom is 0.316 e. The van der Waals surface area contributed by atoms with Crippen molar-refractivity contribution in [2.75, 3.05) is 0 Å². The third kappa shape index (κ3) is 57.4. The van der Waals surface area contributed by atoms with Gasteiger partial charge in [-0.15, -0.1) is 0 Å². The molecular weight excluding hydrogens is 199 g/mol. The Bertz CT molecular complexity index is 60.2. The Labute approximate surface area is 123 Å². The van der Waals surface area contributed by atoms with Gasteiger partial charge in [-0.25, -0.2) is 4.57 Å². The summed E-state index contributed by atoms with van der Waals surface area (Å²) in [6, 6.07) is 0. The summed E-state index contributed by atoms with van der Waals surface area (Å²) < 4.78 is 8.88. The Morgan fingerprint density at radius 3 is 1.00 bits per heavy atom. The second-order valence-electron chi connectivity index (χ2n) is 0.513. The molecule has 0 amide bonds. The van der Waals surface area contributed by atoms with E-state index in [2.05, 4.69) is 0 Å². The molecule has 0 radical (unpaired) electrons. The van der Waals surface area contributed by atoms with Gasteiger partial charge in [-0.05, 0) is 0 Å². The van der Waals surface area contributed by atoms with Gasteiger partial charge in [-0.2, -0.15) is 0 Å². The molecule has 0 aliphatic heterocycles. The van der Waals surface area contributed by atoms with Crippen LogP contribution in [0.2, 0.25) is 0 Å². The number of hydrogen-bond donors (Lipinski definition) is 3. The second-order valence-corrected chi connectivity index (χ2v) is 1.54. The van der Waals surface area contributed by atoms with Crippen molar-refractivity contribution >= 4 is 106 Å². The van der Waals surface area contributed by atoms with Crippen molar-refractivity contribution in [3.63, 3.8) is 0 Å². The minimum atomic E-state index is -4.64. The molecule has 0 aliphatic carbocycles. The summed E-state index contributed by atoms with van der Waals surface area (Å²) in [5.74, 6) is 0. The van der Waals surface area contributed by atoms with Crippen molar-refractivity contribution < 1.29 is 19.2 Å². The fraction of sp³-hybridized carbons (Fsp3) is 0. The monoisotopic (exact) mass is 208 g/mol. The first-order chi connectivity index (χ1) is 2.00. The molecule has 0 unspecified atom stereocenters. The van der Waals surface area contributed by atoms with Crippen molar-refractivity contribution in [2.45, 2.75) is 0 Å². The fourth-order valence-corrected chi connectivity index (χ4v) is 0. The van der Waals surface area contributed by atoms with Crippen LogP contribution in [-0.2, 0) is 4.57 Å². The van der Waals surface area contributed by atoms with E-state index < -0.39 is 7.82 Å². The van der Waals surface area contributed by atoms with Crippen molar-refractivity contribution in [1.82, 2.24) is 0 Å². The van der Waals surface area contributed by atoms with E-state index in [1.54, 1.807) is 0 Å². The zero-order valence-electron chi connectivity index (χ0n) is 2.20. The molecule has 44 valence electrons. The van der Waals surface area contributed by atoms with Crippen LogP contribution in [0, 0.1) is 0 Å². The van der Waals surface area contributed by atoms with E-state index in [1.165, 1.54) is 0 Å². The summed E-state index contributed by atoms with van der Waals surface area (Å²) in [5, 5.41) is 0. The summed E-state index contributed by atoms with van der Waals surface area (Å²) in [7, 11) is -4.64. The van der Waals surface area contributed by atoms with Gasteiger partial charge in [-0.3, -0.25) is 0 Å². The van der Waals surface area contributed by atoms with Crippen LogP contribution in [0.3, 0.4) is 0 Å². The van der Waals surface area contributed by atoms with Crippen LogP contribution in [0.15, 0.2) is 0 Å². The first-order valence-electron chi connectivity index (χ1n) is 0.783. The fourth-order valence-electron chi connectivity index (χ4n) is 0. The van der Waals surface area contributed by atoms with Gasteiger partial charge in [0.25, 0.3) is 0 Å². The molecule has 3 N–H and O–H groups in total. The van der Waals surface area contributed by atoms with Crippen molar-refractivity contribution in [2.24, 2.45) is 0 Å². The van der Waals surface area contributed by atoms with E-state index in [4.69, 9.17) is 19.2 Å². The summed E-state index contributed by atoms with van der Waals surface area (Å²) in [5.41, 5.74) is 0. The summed E-state index contributed by atoms with van der Waals surface area (Å²) in [6.45, 7) is 0. The van der Waals surface area contributed by atoms with Gasteiger partial charge in [0.2, 0.25) is 0 Å². The molecular formula is H9Ca2MgO4P. The number of phosphoric acid groups is 1. The summed E-state index contributed by atoms with van der Waals surface area (Å²) >= 11 is 0. The standard InChI is InChI=1S/2Ca.Mg.H3O4P.6H/c;;;1-5(2,3)4;;;;;;/h;;;(H3,1,2,3,4);;;;;;. The Morgan fingerprint density at radius 2 is 1.00 bits per heavy atom. The first-order valence-corrected chi connectivity index (χ1v) is 2.35. The van der Waals surface area contributed by atoms with Gasteiger partial charge < -0.3 is 14.7 Å². The molecule has 0 heterocycles. The average Bonchev–Trinajstić information content (AvgIpc) is 0.722. The van der Waals surface area contributed by atoms with E-state index in [0.717, 1.165) is 0 Å². The predicted molar refractivity (Wildman–Crippen MR) is 39.9 cm³/mol. The molecule has 8 heavy (non-hydrogen) atoms. The molecule has 0 aromatic heterocycles. The number of rotatable bonds is 0. The van der Waals surface area contributed by atoms with E-state index in [0.29, 0.717) is 0 Å². The SMILES string of the molecule is O=P(O)(O)O.[CaH2].[CaH2].[MgH2]. The maximum atomic E-state index is 8.88. The van der Waals surface area contributed by atoms with Crippen LogP contribution in [0.5, 0.6) is 0 Å². The quantitative estimate of drug-likeness (QED) is 0.283. The maximum absolute atomic E-state index is 8.88. The summed E-state index contributed by atoms with van der Waals surface area (Å²) in [6.07, 6.45) is 0. The molecule has 0 saturated carbocycles. The predicted octanol–water partition coefficient (Wildman–Crippen LogP) is -3.68. The zero-order chi connectivity index (χ0) is 4.50. The molecule has 0 aromatic rings. The normalized spacial score (nSPS) is 7.38. The molecule has 4 nitrogen and oxygen atoms in total. The van der Waals surface area contributed by atoms with Crippen LogP contribution in [0.1, 0.15) is 0 Å². The van der Waals surface area contributed by atoms with Gasteiger partial charge in [0.15, 0.2) is 0 Å². The molecule has 0 aromatic carbocycles. The van der Waals surface area contributed by atoms with Gasteiger partial charge in [-0.1, -0.05) is 0 Å². The molecule has 0 rings (SSSR count). The second kappa shape index (κ2) is 10.4. The van der Waals surface area contributed by atoms with E-state index >= 15 is 0 Å². The van der Waals surface area contributed by atoms with Crippen molar-refractivity contribution in [3.8, 4) is 0 Å². The molecule has 0 fully saturated rings. The van der Waals surface area contributed by atoms with Crippen molar-refractivity contribution in [3.05, 3.63) is 0 Å². The van der Waals surface area contributed by atoms with Gasteiger partial charge in [0, 0.05) is 0 Å². The number of hydrogen-bond acceptors (Lipinski definition) is 1. The Kier molecular flexibility index (Phi) is 29.3. The zero-order valence-corrected chi connectivity index (χ0v) is 3.09. The smallest absolute Gasteiger partial charge is 0.316 e. The minimum absolute atomic E-state index is 0. The maximum Gasteiger partial charge on any atom is 0.316 e. The van der Waals surface area contributed by atoms with Crippen LogP contribution in [0.25, 0.3) is 0 Å². The molecule has 0 atom stereocenters. The Morgan fingerprint density at radius 1 is 1.00 bits per heavy atom. The Hall–Kier alpha value is 3.40. The molecule has 0 bridgehead atoms. The topological polar surface area (TPSA) is 77.8 Å². The Balaban J connectivity index is -0.0000000267. The third-order valence-corrected chi connectivity index (χ3v) is 0. The van der Waals surface area contributed by atoms with Crippen LogP contribution >= 0.6 is 7.82 Å². The van der Waals surface area contributed by atoms with Gasteiger partial charge in [0.05, 0.1) is 0 Å². The first kappa shape index (κ1) is 22.5. The molecule has 0 aliphatic rings. The molecule has 0 saturated heterocycles. The van der Waals surface area contributed by atoms with Crippen LogP contribution in [-0.4, -0.2) is 113 Å². The molecule has 8 heteroatoms. The van der Waals surface area contributed by atoms with Crippen LogP contribution in [0.4, 0.5) is 0 Å². The van der Waals surface area contributed by atoms with E-state index in [9.17, 15) is 0 Å². The molecule has 0 spiro atoms. The third-order valence-electron chi connectivity index (χ3n) is 0. The van der Waals surface area contributed by atoms with E-state index in [-0.39, 0.29) is 98.5 Å². The van der Waals surface area contributed by atoms with Gasteiger partial charge >= 0.3 is 106 Å². The largest absolute Gasteiger partial charge is 0.316 e. The average molecular weight is 209 g/mol. The van der Waals surface area contributed by atoms with Gasteiger partial charge in [0.1, 0.15) is 0 Å². The summed E-state index contributed by atoms with van der Waals surface area (Å²) in [4.78, 5) is 21.6. The van der Waals surface area contributed by atoms with E-state index in [1.807, 2.05) is 0 Å². The van der Waals surface area contributed by atoms with Crippen LogP contribution < -0.4 is 0 Å².